The van der Waals surface area contributed by atoms with E-state index in [1.165, 1.54) is 0 Å². The molecule has 0 radical (unpaired) electrons. The Bertz CT molecular complexity index is 995. The van der Waals surface area contributed by atoms with Crippen LogP contribution in [0.5, 0.6) is 0 Å². The highest BCUT2D eigenvalue weighted by atomic mass is 16.5. The normalized spacial score (nSPS) is 14.7. The third-order valence-electron chi connectivity index (χ3n) is 5.02. The van der Waals surface area contributed by atoms with Crippen LogP contribution in [-0.2, 0) is 11.2 Å². The van der Waals surface area contributed by atoms with E-state index in [9.17, 15) is 9.59 Å². The van der Waals surface area contributed by atoms with Crippen LogP contribution in [0.3, 0.4) is 0 Å². The monoisotopic (exact) mass is 393 g/mol. The molecule has 29 heavy (non-hydrogen) atoms. The van der Waals surface area contributed by atoms with E-state index < -0.39 is 0 Å². The number of nitrogens with zero attached hydrogens (tertiary/aromatic N) is 4. The first-order valence-electron chi connectivity index (χ1n) is 9.70. The number of aromatic nitrogens is 3. The second-order valence-electron chi connectivity index (χ2n) is 7.17. The van der Waals surface area contributed by atoms with Gasteiger partial charge in [0.15, 0.2) is 0 Å². The summed E-state index contributed by atoms with van der Waals surface area (Å²) < 4.78 is 5.14. The van der Waals surface area contributed by atoms with E-state index in [0.29, 0.717) is 37.6 Å². The number of aromatic amines is 1. The second kappa shape index (κ2) is 8.30. The van der Waals surface area contributed by atoms with Gasteiger partial charge in [0, 0.05) is 37.8 Å². The lowest BCUT2D eigenvalue weighted by Gasteiger charge is -2.21. The number of carbonyl (C=O) groups is 2. The molecule has 0 bridgehead atoms. The number of hydrogen-bond acceptors (Lipinski definition) is 5. The Labute approximate surface area is 168 Å². The number of aryl methyl sites for hydroxylation is 1. The highest BCUT2D eigenvalue weighted by Crippen LogP contribution is 2.18. The van der Waals surface area contributed by atoms with Crippen molar-refractivity contribution < 1.29 is 14.1 Å². The molecule has 0 spiro atoms. The maximum absolute atomic E-state index is 12.9. The van der Waals surface area contributed by atoms with E-state index in [0.717, 1.165) is 23.4 Å². The number of nitrogens with one attached hydrogen (secondary N) is 1. The summed E-state index contributed by atoms with van der Waals surface area (Å²) in [4.78, 5) is 29.0. The zero-order valence-corrected chi connectivity index (χ0v) is 16.3. The number of carbonyl (C=O) groups excluding carboxylic acids is 2. The Kier molecular flexibility index (Phi) is 5.41. The minimum absolute atomic E-state index is 0.0108. The van der Waals surface area contributed by atoms with Gasteiger partial charge in [0.25, 0.3) is 5.91 Å². The molecule has 0 atom stereocenters. The van der Waals surface area contributed by atoms with Crippen molar-refractivity contribution in [1.82, 2.24) is 25.2 Å². The molecule has 1 N–H and O–H groups in total. The molecule has 1 saturated heterocycles. The van der Waals surface area contributed by atoms with E-state index in [2.05, 4.69) is 15.4 Å². The van der Waals surface area contributed by atoms with Gasteiger partial charge in [0.2, 0.25) is 5.91 Å². The molecule has 150 valence electrons. The van der Waals surface area contributed by atoms with Crippen molar-refractivity contribution in [2.24, 2.45) is 0 Å². The Balaban J connectivity index is 1.37. The topological polar surface area (TPSA) is 95.3 Å². The van der Waals surface area contributed by atoms with Crippen molar-refractivity contribution in [2.45, 2.75) is 19.8 Å². The van der Waals surface area contributed by atoms with E-state index in [-0.39, 0.29) is 18.2 Å². The smallest absolute Gasteiger partial charge is 0.271 e. The zero-order chi connectivity index (χ0) is 20.2. The first-order valence-corrected chi connectivity index (χ1v) is 9.70. The maximum atomic E-state index is 12.9. The van der Waals surface area contributed by atoms with Gasteiger partial charge in [-0.2, -0.15) is 5.10 Å². The summed E-state index contributed by atoms with van der Waals surface area (Å²) in [5.41, 5.74) is 2.91. The molecule has 8 nitrogen and oxygen atoms in total. The molecule has 3 aromatic rings. The summed E-state index contributed by atoms with van der Waals surface area (Å²) in [6, 6.07) is 13.3. The van der Waals surface area contributed by atoms with Crippen molar-refractivity contribution in [3.05, 3.63) is 59.6 Å². The molecule has 1 fully saturated rings. The van der Waals surface area contributed by atoms with Gasteiger partial charge < -0.3 is 14.3 Å². The summed E-state index contributed by atoms with van der Waals surface area (Å²) in [6.07, 6.45) is 0.919. The number of hydrogen-bond donors (Lipinski definition) is 1. The summed E-state index contributed by atoms with van der Waals surface area (Å²) in [5.74, 6) is 0.457. The number of rotatable bonds is 4. The van der Waals surface area contributed by atoms with Gasteiger partial charge in [-0.15, -0.1) is 0 Å². The van der Waals surface area contributed by atoms with E-state index in [1.54, 1.807) is 21.9 Å². The highest BCUT2D eigenvalue weighted by Gasteiger charge is 2.24. The third kappa shape index (κ3) is 4.37. The zero-order valence-electron chi connectivity index (χ0n) is 16.3. The van der Waals surface area contributed by atoms with Gasteiger partial charge in [0.05, 0.1) is 17.8 Å². The SMILES string of the molecule is Cc1cc(CC(=O)N2CCCN(C(=O)c3cc(-c4ccccc4)n[nH]3)CC2)on1. The van der Waals surface area contributed by atoms with E-state index >= 15 is 0 Å². The summed E-state index contributed by atoms with van der Waals surface area (Å²) >= 11 is 0. The maximum Gasteiger partial charge on any atom is 0.271 e. The summed E-state index contributed by atoms with van der Waals surface area (Å²) in [6.45, 7) is 4.03. The molecule has 0 unspecified atom stereocenters. The first-order chi connectivity index (χ1) is 14.1. The van der Waals surface area contributed by atoms with Gasteiger partial charge in [-0.05, 0) is 19.4 Å². The minimum Gasteiger partial charge on any atom is -0.361 e. The van der Waals surface area contributed by atoms with Gasteiger partial charge in [0.1, 0.15) is 11.5 Å². The lowest BCUT2D eigenvalue weighted by molar-refractivity contribution is -0.130. The van der Waals surface area contributed by atoms with Crippen LogP contribution >= 0.6 is 0 Å². The summed E-state index contributed by atoms with van der Waals surface area (Å²) in [7, 11) is 0. The Hall–Kier alpha value is -3.42. The molecule has 3 heterocycles. The largest absolute Gasteiger partial charge is 0.361 e. The number of H-pyrrole nitrogens is 1. The first kappa shape index (κ1) is 18.9. The molecule has 1 aliphatic heterocycles. The van der Waals surface area contributed by atoms with Crippen molar-refractivity contribution in [1.29, 1.82) is 0 Å². The van der Waals surface area contributed by atoms with E-state index in [4.69, 9.17) is 4.52 Å². The van der Waals surface area contributed by atoms with E-state index in [1.807, 2.05) is 37.3 Å². The molecule has 8 heteroatoms. The van der Waals surface area contributed by atoms with Gasteiger partial charge in [-0.25, -0.2) is 0 Å². The second-order valence-corrected chi connectivity index (χ2v) is 7.17. The fraction of sp³-hybridized carbons (Fsp3) is 0.333. The molecule has 4 rings (SSSR count). The lowest BCUT2D eigenvalue weighted by atomic mass is 10.1. The van der Waals surface area contributed by atoms with Crippen LogP contribution in [0.15, 0.2) is 47.0 Å². The van der Waals surface area contributed by atoms with Crippen LogP contribution in [0, 0.1) is 6.92 Å². The van der Waals surface area contributed by atoms with Crippen molar-refractivity contribution >= 4 is 11.8 Å². The van der Waals surface area contributed by atoms with Crippen LogP contribution in [0.4, 0.5) is 0 Å². The van der Waals surface area contributed by atoms with Gasteiger partial charge >= 0.3 is 0 Å². The number of amides is 2. The Morgan fingerprint density at radius 3 is 2.59 bits per heavy atom. The summed E-state index contributed by atoms with van der Waals surface area (Å²) in [5, 5.41) is 10.9. The van der Waals surface area contributed by atoms with Crippen LogP contribution in [0.2, 0.25) is 0 Å². The van der Waals surface area contributed by atoms with Crippen molar-refractivity contribution in [2.75, 3.05) is 26.2 Å². The highest BCUT2D eigenvalue weighted by molar-refractivity contribution is 5.93. The average Bonchev–Trinajstić information content (AvgIpc) is 3.30. The van der Waals surface area contributed by atoms with Crippen molar-refractivity contribution in [3.8, 4) is 11.3 Å². The van der Waals surface area contributed by atoms with Gasteiger partial charge in [-0.3, -0.25) is 14.7 Å². The fourth-order valence-corrected chi connectivity index (χ4v) is 3.49. The fourth-order valence-electron chi connectivity index (χ4n) is 3.49. The van der Waals surface area contributed by atoms with Crippen LogP contribution in [0.1, 0.15) is 28.4 Å². The van der Waals surface area contributed by atoms with Crippen LogP contribution in [-0.4, -0.2) is 63.1 Å². The average molecular weight is 393 g/mol. The predicted octanol–water partition coefficient (Wildman–Crippen LogP) is 2.29. The Morgan fingerprint density at radius 2 is 1.83 bits per heavy atom. The quantitative estimate of drug-likeness (QED) is 0.734. The molecular formula is C21H23N5O3. The van der Waals surface area contributed by atoms with Crippen LogP contribution in [0.25, 0.3) is 11.3 Å². The van der Waals surface area contributed by atoms with Gasteiger partial charge in [-0.1, -0.05) is 35.5 Å². The van der Waals surface area contributed by atoms with Crippen molar-refractivity contribution in [3.63, 3.8) is 0 Å². The predicted molar refractivity (Wildman–Crippen MR) is 106 cm³/mol. The van der Waals surface area contributed by atoms with Crippen LogP contribution < -0.4 is 0 Å². The molecular weight excluding hydrogens is 370 g/mol. The molecule has 0 saturated carbocycles. The molecule has 1 aliphatic rings. The number of benzene rings is 1. The molecule has 1 aromatic carbocycles. The lowest BCUT2D eigenvalue weighted by Crippen LogP contribution is -2.38. The third-order valence-corrected chi connectivity index (χ3v) is 5.02. The molecule has 2 amide bonds. The molecule has 2 aromatic heterocycles. The Morgan fingerprint density at radius 1 is 1.07 bits per heavy atom. The minimum atomic E-state index is -0.0974. The molecule has 0 aliphatic carbocycles. The standard InChI is InChI=1S/C21H23N5O3/c1-15-12-17(29-24-15)13-20(27)25-8-5-9-26(11-10-25)21(28)19-14-18(22-23-19)16-6-3-2-4-7-16/h2-4,6-7,12,14H,5,8-11,13H2,1H3,(H,22,23).